The van der Waals surface area contributed by atoms with Crippen molar-refractivity contribution in [3.63, 3.8) is 0 Å². The highest BCUT2D eigenvalue weighted by Crippen LogP contribution is 2.18. The molecule has 1 aromatic heterocycles. The number of nitrogens with zero attached hydrogens (tertiary/aromatic N) is 1. The molecule has 0 saturated carbocycles. The van der Waals surface area contributed by atoms with Crippen LogP contribution in [0.2, 0.25) is 0 Å². The van der Waals surface area contributed by atoms with E-state index >= 15 is 0 Å². The smallest absolute Gasteiger partial charge is 0.289 e. The minimum atomic E-state index is -0.0292. The first-order valence-corrected chi connectivity index (χ1v) is 5.72. The van der Waals surface area contributed by atoms with Gasteiger partial charge in [0.05, 0.1) is 0 Å². The Morgan fingerprint density at radius 1 is 1.67 bits per heavy atom. The van der Waals surface area contributed by atoms with Gasteiger partial charge in [-0.25, -0.2) is 0 Å². The van der Waals surface area contributed by atoms with Gasteiger partial charge in [-0.05, 0) is 41.5 Å². The fourth-order valence-electron chi connectivity index (χ4n) is 1.77. The third kappa shape index (κ3) is 2.23. The number of amides is 1. The van der Waals surface area contributed by atoms with E-state index < -0.39 is 0 Å². The van der Waals surface area contributed by atoms with Crippen molar-refractivity contribution < 1.29 is 9.21 Å². The van der Waals surface area contributed by atoms with Gasteiger partial charge in [-0.3, -0.25) is 4.79 Å². The lowest BCUT2D eigenvalue weighted by atomic mass is 10.3. The normalized spacial score (nSPS) is 20.9. The monoisotopic (exact) mass is 272 g/mol. The molecule has 0 radical (unpaired) electrons. The Hall–Kier alpha value is -0.810. The molecule has 15 heavy (non-hydrogen) atoms. The minimum absolute atomic E-state index is 0.0292. The number of rotatable bonds is 2. The molecule has 0 aliphatic carbocycles. The highest BCUT2D eigenvalue weighted by Gasteiger charge is 2.27. The van der Waals surface area contributed by atoms with E-state index in [9.17, 15) is 4.79 Å². The number of hydrogen-bond acceptors (Lipinski definition) is 3. The molecule has 1 atom stereocenters. The highest BCUT2D eigenvalue weighted by molar-refractivity contribution is 9.10. The van der Waals surface area contributed by atoms with E-state index in [1.807, 2.05) is 11.9 Å². The van der Waals surface area contributed by atoms with Crippen LogP contribution in [0, 0.1) is 0 Å². The standard InChI is InChI=1S/C10H13BrN2O2/c1-12-7-4-5-13(6-7)10(14)8-2-3-9(11)15-8/h2-3,7,12H,4-6H2,1H3. The van der Waals surface area contributed by atoms with Gasteiger partial charge in [-0.2, -0.15) is 0 Å². The maximum Gasteiger partial charge on any atom is 0.289 e. The Morgan fingerprint density at radius 2 is 2.47 bits per heavy atom. The lowest BCUT2D eigenvalue weighted by Crippen LogP contribution is -2.33. The van der Waals surface area contributed by atoms with Gasteiger partial charge in [-0.15, -0.1) is 0 Å². The van der Waals surface area contributed by atoms with E-state index in [1.54, 1.807) is 12.1 Å². The summed E-state index contributed by atoms with van der Waals surface area (Å²) in [6, 6.07) is 3.84. The Balaban J connectivity index is 2.03. The van der Waals surface area contributed by atoms with Crippen LogP contribution in [0.15, 0.2) is 21.2 Å². The molecular formula is C10H13BrN2O2. The summed E-state index contributed by atoms with van der Waals surface area (Å²) in [7, 11) is 1.92. The third-order valence-corrected chi connectivity index (χ3v) is 3.09. The van der Waals surface area contributed by atoms with Crippen molar-refractivity contribution in [1.29, 1.82) is 0 Å². The third-order valence-electron chi connectivity index (χ3n) is 2.67. The molecule has 1 aromatic rings. The maximum absolute atomic E-state index is 11.9. The van der Waals surface area contributed by atoms with Crippen LogP contribution in [0.1, 0.15) is 17.0 Å². The van der Waals surface area contributed by atoms with E-state index in [-0.39, 0.29) is 5.91 Å². The van der Waals surface area contributed by atoms with E-state index in [4.69, 9.17) is 4.42 Å². The van der Waals surface area contributed by atoms with Crippen molar-refractivity contribution in [3.05, 3.63) is 22.6 Å². The fourth-order valence-corrected chi connectivity index (χ4v) is 2.07. The maximum atomic E-state index is 11.9. The molecule has 0 bridgehead atoms. The van der Waals surface area contributed by atoms with Crippen molar-refractivity contribution in [2.45, 2.75) is 12.5 Å². The van der Waals surface area contributed by atoms with Crippen molar-refractivity contribution in [1.82, 2.24) is 10.2 Å². The first kappa shape index (κ1) is 10.7. The van der Waals surface area contributed by atoms with Crippen LogP contribution < -0.4 is 5.32 Å². The van der Waals surface area contributed by atoms with Gasteiger partial charge in [0.2, 0.25) is 0 Å². The summed E-state index contributed by atoms with van der Waals surface area (Å²) in [5.74, 6) is 0.372. The van der Waals surface area contributed by atoms with Gasteiger partial charge < -0.3 is 14.6 Å². The zero-order valence-corrected chi connectivity index (χ0v) is 10.1. The Kier molecular flexibility index (Phi) is 3.11. The molecule has 4 nitrogen and oxygen atoms in total. The van der Waals surface area contributed by atoms with Crippen LogP contribution in [0.25, 0.3) is 0 Å². The minimum Gasteiger partial charge on any atom is -0.444 e. The molecule has 1 unspecified atom stereocenters. The number of carbonyl (C=O) groups is 1. The molecular weight excluding hydrogens is 260 g/mol. The van der Waals surface area contributed by atoms with Crippen LogP contribution in [-0.2, 0) is 0 Å². The lowest BCUT2D eigenvalue weighted by molar-refractivity contribution is 0.0756. The zero-order chi connectivity index (χ0) is 10.8. The Morgan fingerprint density at radius 3 is 3.00 bits per heavy atom. The molecule has 1 fully saturated rings. The van der Waals surface area contributed by atoms with Crippen molar-refractivity contribution in [2.75, 3.05) is 20.1 Å². The summed E-state index contributed by atoms with van der Waals surface area (Å²) in [4.78, 5) is 13.7. The van der Waals surface area contributed by atoms with Crippen LogP contribution in [0.4, 0.5) is 0 Å². The molecule has 1 amide bonds. The Bertz CT molecular complexity index is 364. The molecule has 82 valence electrons. The number of hydrogen-bond donors (Lipinski definition) is 1. The van der Waals surface area contributed by atoms with Crippen LogP contribution in [0.3, 0.4) is 0 Å². The number of furan rings is 1. The first-order chi connectivity index (χ1) is 7.20. The van der Waals surface area contributed by atoms with E-state index in [0.717, 1.165) is 19.5 Å². The number of nitrogens with one attached hydrogen (secondary N) is 1. The summed E-state index contributed by atoms with van der Waals surface area (Å²) in [6.45, 7) is 1.55. The first-order valence-electron chi connectivity index (χ1n) is 4.92. The molecule has 2 rings (SSSR count). The second-order valence-electron chi connectivity index (χ2n) is 3.63. The molecule has 1 saturated heterocycles. The predicted octanol–water partition coefficient (Wildman–Crippen LogP) is 1.48. The number of halogens is 1. The molecule has 5 heteroatoms. The summed E-state index contributed by atoms with van der Waals surface area (Å²) in [6.07, 6.45) is 1.00. The van der Waals surface area contributed by atoms with Crippen molar-refractivity contribution in [3.8, 4) is 0 Å². The van der Waals surface area contributed by atoms with E-state index in [1.165, 1.54) is 0 Å². The topological polar surface area (TPSA) is 45.5 Å². The molecule has 0 aromatic carbocycles. The zero-order valence-electron chi connectivity index (χ0n) is 8.50. The molecule has 1 aliphatic rings. The summed E-state index contributed by atoms with van der Waals surface area (Å²) < 4.78 is 5.82. The van der Waals surface area contributed by atoms with Gasteiger partial charge in [-0.1, -0.05) is 0 Å². The average molecular weight is 273 g/mol. The van der Waals surface area contributed by atoms with Crippen molar-refractivity contribution in [2.24, 2.45) is 0 Å². The predicted molar refractivity (Wildman–Crippen MR) is 59.8 cm³/mol. The van der Waals surface area contributed by atoms with E-state index in [2.05, 4.69) is 21.2 Å². The Labute approximate surface area is 96.7 Å². The quantitative estimate of drug-likeness (QED) is 0.887. The van der Waals surface area contributed by atoms with E-state index in [0.29, 0.717) is 16.5 Å². The van der Waals surface area contributed by atoms with Gasteiger partial charge in [0, 0.05) is 19.1 Å². The second-order valence-corrected chi connectivity index (χ2v) is 4.41. The molecule has 2 heterocycles. The second kappa shape index (κ2) is 4.37. The van der Waals surface area contributed by atoms with Crippen LogP contribution >= 0.6 is 15.9 Å². The number of likely N-dealkylation sites (N-methyl/N-ethyl adjacent to an activating group) is 1. The molecule has 1 aliphatic heterocycles. The molecule has 0 spiro atoms. The van der Waals surface area contributed by atoms with Gasteiger partial charge in [0.15, 0.2) is 10.4 Å². The van der Waals surface area contributed by atoms with Gasteiger partial charge >= 0.3 is 0 Å². The highest BCUT2D eigenvalue weighted by atomic mass is 79.9. The van der Waals surface area contributed by atoms with Crippen molar-refractivity contribution >= 4 is 21.8 Å². The SMILES string of the molecule is CNC1CCN(C(=O)c2ccc(Br)o2)C1. The average Bonchev–Trinajstić information content (AvgIpc) is 2.84. The summed E-state index contributed by atoms with van der Waals surface area (Å²) in [5.41, 5.74) is 0. The molecule has 1 N–H and O–H groups in total. The summed E-state index contributed by atoms with van der Waals surface area (Å²) >= 11 is 3.18. The van der Waals surface area contributed by atoms with Gasteiger partial charge in [0.1, 0.15) is 0 Å². The largest absolute Gasteiger partial charge is 0.444 e. The lowest BCUT2D eigenvalue weighted by Gasteiger charge is -2.14. The summed E-state index contributed by atoms with van der Waals surface area (Å²) in [5, 5.41) is 3.17. The van der Waals surface area contributed by atoms with Gasteiger partial charge in [0.25, 0.3) is 5.91 Å². The van der Waals surface area contributed by atoms with Crippen LogP contribution in [0.5, 0.6) is 0 Å². The fraction of sp³-hybridized carbons (Fsp3) is 0.500. The number of likely N-dealkylation sites (tertiary alicyclic amines) is 1. The van der Waals surface area contributed by atoms with Crippen LogP contribution in [-0.4, -0.2) is 37.0 Å². The number of carbonyl (C=O) groups excluding carboxylic acids is 1.